The Labute approximate surface area is 201 Å². The van der Waals surface area contributed by atoms with Gasteiger partial charge in [-0.05, 0) is 24.3 Å². The highest BCUT2D eigenvalue weighted by molar-refractivity contribution is 6.33. The van der Waals surface area contributed by atoms with E-state index < -0.39 is 0 Å². The molecule has 0 unspecified atom stereocenters. The summed E-state index contributed by atoms with van der Waals surface area (Å²) in [6.07, 6.45) is 3.49. The molecule has 1 aliphatic rings. The molecule has 2 aromatic carbocycles. The molecule has 0 bridgehead atoms. The SMILES string of the molecule is O=C(CN1CCN(Cn2ncc3cn(-c4ccccc4)nc3c2=O)CC1)Nc1ccccc1Cl. The first kappa shape index (κ1) is 22.3. The van der Waals surface area contributed by atoms with Gasteiger partial charge in [-0.25, -0.2) is 9.36 Å². The van der Waals surface area contributed by atoms with Gasteiger partial charge in [0.15, 0.2) is 5.52 Å². The van der Waals surface area contributed by atoms with Gasteiger partial charge in [-0.15, -0.1) is 0 Å². The number of amides is 1. The van der Waals surface area contributed by atoms with Crippen LogP contribution in [0.3, 0.4) is 0 Å². The van der Waals surface area contributed by atoms with E-state index in [1.165, 1.54) is 4.68 Å². The minimum Gasteiger partial charge on any atom is -0.324 e. The predicted molar refractivity (Wildman–Crippen MR) is 131 cm³/mol. The Bertz CT molecular complexity index is 1360. The normalized spacial score (nSPS) is 15.0. The van der Waals surface area contributed by atoms with Gasteiger partial charge in [0.25, 0.3) is 5.56 Å². The van der Waals surface area contributed by atoms with Crippen LogP contribution in [0.2, 0.25) is 5.02 Å². The number of hydrogen-bond donors (Lipinski definition) is 1. The van der Waals surface area contributed by atoms with Crippen molar-refractivity contribution in [1.29, 1.82) is 0 Å². The Morgan fingerprint density at radius 1 is 0.971 bits per heavy atom. The molecule has 1 fully saturated rings. The maximum absolute atomic E-state index is 13.0. The smallest absolute Gasteiger partial charge is 0.296 e. The van der Waals surface area contributed by atoms with Crippen molar-refractivity contribution >= 4 is 34.1 Å². The lowest BCUT2D eigenvalue weighted by Gasteiger charge is -2.34. The van der Waals surface area contributed by atoms with Crippen LogP contribution in [0.25, 0.3) is 16.6 Å². The van der Waals surface area contributed by atoms with Gasteiger partial charge < -0.3 is 5.32 Å². The van der Waals surface area contributed by atoms with Crippen molar-refractivity contribution in [2.24, 2.45) is 0 Å². The third-order valence-corrected chi connectivity index (χ3v) is 6.18. The third kappa shape index (κ3) is 4.86. The first-order valence-electron chi connectivity index (χ1n) is 11.1. The van der Waals surface area contributed by atoms with E-state index in [2.05, 4.69) is 25.3 Å². The number of carbonyl (C=O) groups is 1. The van der Waals surface area contributed by atoms with Gasteiger partial charge in [0.1, 0.15) is 0 Å². The Balaban J connectivity index is 1.19. The molecule has 3 heterocycles. The number of fused-ring (bicyclic) bond motifs is 1. The predicted octanol–water partition coefficient (Wildman–Crippen LogP) is 2.45. The van der Waals surface area contributed by atoms with Gasteiger partial charge in [0.2, 0.25) is 5.91 Å². The number of anilines is 1. The van der Waals surface area contributed by atoms with E-state index in [-0.39, 0.29) is 11.5 Å². The molecular weight excluding hydrogens is 454 g/mol. The van der Waals surface area contributed by atoms with Gasteiger partial charge in [0, 0.05) is 37.8 Å². The van der Waals surface area contributed by atoms with E-state index in [9.17, 15) is 9.59 Å². The molecule has 10 heteroatoms. The number of piperazine rings is 1. The number of nitrogens with one attached hydrogen (secondary N) is 1. The van der Waals surface area contributed by atoms with Gasteiger partial charge in [-0.3, -0.25) is 19.4 Å². The molecule has 0 atom stereocenters. The van der Waals surface area contributed by atoms with Crippen molar-refractivity contribution in [2.45, 2.75) is 6.67 Å². The molecule has 1 aliphatic heterocycles. The Morgan fingerprint density at radius 3 is 2.44 bits per heavy atom. The lowest BCUT2D eigenvalue weighted by atomic mass is 10.3. The zero-order valence-electron chi connectivity index (χ0n) is 18.5. The molecule has 0 saturated carbocycles. The maximum atomic E-state index is 13.0. The Hall–Kier alpha value is -3.53. The van der Waals surface area contributed by atoms with Crippen molar-refractivity contribution < 1.29 is 4.79 Å². The van der Waals surface area contributed by atoms with Crippen LogP contribution in [0.1, 0.15) is 0 Å². The fourth-order valence-electron chi connectivity index (χ4n) is 4.00. The van der Waals surface area contributed by atoms with Crippen LogP contribution < -0.4 is 10.9 Å². The Morgan fingerprint density at radius 2 is 1.68 bits per heavy atom. The van der Waals surface area contributed by atoms with E-state index in [0.717, 1.165) is 31.9 Å². The fraction of sp³-hybridized carbons (Fsp3) is 0.250. The summed E-state index contributed by atoms with van der Waals surface area (Å²) in [5, 5.41) is 12.9. The minimum absolute atomic E-state index is 0.0982. The summed E-state index contributed by atoms with van der Waals surface area (Å²) in [6.45, 7) is 3.56. The highest BCUT2D eigenvalue weighted by Gasteiger charge is 2.20. The van der Waals surface area contributed by atoms with Crippen LogP contribution in [-0.2, 0) is 11.5 Å². The second-order valence-corrected chi connectivity index (χ2v) is 8.63. The summed E-state index contributed by atoms with van der Waals surface area (Å²) in [5.74, 6) is -0.0982. The summed E-state index contributed by atoms with van der Waals surface area (Å²) in [5.41, 5.74) is 1.69. The molecule has 1 amide bonds. The lowest BCUT2D eigenvalue weighted by Crippen LogP contribution is -2.49. The summed E-state index contributed by atoms with van der Waals surface area (Å²) in [7, 11) is 0. The first-order chi connectivity index (χ1) is 16.6. The minimum atomic E-state index is -0.214. The number of carbonyl (C=O) groups excluding carboxylic acids is 1. The second-order valence-electron chi connectivity index (χ2n) is 8.23. The number of nitrogens with zero attached hydrogens (tertiary/aromatic N) is 6. The molecule has 0 radical (unpaired) electrons. The van der Waals surface area contributed by atoms with Crippen LogP contribution in [0.5, 0.6) is 0 Å². The van der Waals surface area contributed by atoms with Crippen LogP contribution >= 0.6 is 11.6 Å². The Kier molecular flexibility index (Phi) is 6.39. The number of benzene rings is 2. The van der Waals surface area contributed by atoms with Crippen LogP contribution in [0, 0.1) is 0 Å². The molecule has 9 nitrogen and oxygen atoms in total. The van der Waals surface area contributed by atoms with Gasteiger partial charge >= 0.3 is 0 Å². The largest absolute Gasteiger partial charge is 0.324 e. The van der Waals surface area contributed by atoms with E-state index >= 15 is 0 Å². The van der Waals surface area contributed by atoms with Crippen molar-refractivity contribution in [3.05, 3.63) is 82.4 Å². The molecule has 4 aromatic rings. The zero-order valence-corrected chi connectivity index (χ0v) is 19.2. The van der Waals surface area contributed by atoms with E-state index in [1.807, 2.05) is 48.7 Å². The fourth-order valence-corrected chi connectivity index (χ4v) is 4.18. The van der Waals surface area contributed by atoms with Gasteiger partial charge in [-0.1, -0.05) is 41.9 Å². The first-order valence-corrected chi connectivity index (χ1v) is 11.4. The summed E-state index contributed by atoms with van der Waals surface area (Å²) in [4.78, 5) is 29.6. The van der Waals surface area contributed by atoms with Crippen LogP contribution in [0.15, 0.2) is 71.8 Å². The molecule has 174 valence electrons. The highest BCUT2D eigenvalue weighted by atomic mass is 35.5. The number of aromatic nitrogens is 4. The molecule has 1 N–H and O–H groups in total. The van der Waals surface area contributed by atoms with E-state index in [0.29, 0.717) is 34.8 Å². The molecular formula is C24H24ClN7O2. The van der Waals surface area contributed by atoms with Crippen LogP contribution in [0.4, 0.5) is 5.69 Å². The van der Waals surface area contributed by atoms with Crippen molar-refractivity contribution in [1.82, 2.24) is 29.4 Å². The highest BCUT2D eigenvalue weighted by Crippen LogP contribution is 2.20. The quantitative estimate of drug-likeness (QED) is 0.459. The monoisotopic (exact) mass is 477 g/mol. The average Bonchev–Trinajstić information content (AvgIpc) is 3.29. The summed E-state index contributed by atoms with van der Waals surface area (Å²) in [6, 6.07) is 16.8. The van der Waals surface area contributed by atoms with E-state index in [4.69, 9.17) is 11.6 Å². The molecule has 0 spiro atoms. The molecule has 0 aliphatic carbocycles. The van der Waals surface area contributed by atoms with Crippen LogP contribution in [-0.4, -0.2) is 68.0 Å². The van der Waals surface area contributed by atoms with Gasteiger partial charge in [0.05, 0.1) is 35.8 Å². The van der Waals surface area contributed by atoms with Crippen molar-refractivity contribution in [3.8, 4) is 5.69 Å². The maximum Gasteiger partial charge on any atom is 0.296 e. The summed E-state index contributed by atoms with van der Waals surface area (Å²) < 4.78 is 3.15. The second kappa shape index (κ2) is 9.76. The topological polar surface area (TPSA) is 88.3 Å². The third-order valence-electron chi connectivity index (χ3n) is 5.85. The number of halogens is 1. The molecule has 2 aromatic heterocycles. The van der Waals surface area contributed by atoms with Crippen molar-refractivity contribution in [3.63, 3.8) is 0 Å². The average molecular weight is 478 g/mol. The molecule has 34 heavy (non-hydrogen) atoms. The lowest BCUT2D eigenvalue weighted by molar-refractivity contribution is -0.117. The number of para-hydroxylation sites is 2. The molecule has 1 saturated heterocycles. The van der Waals surface area contributed by atoms with Crippen molar-refractivity contribution in [2.75, 3.05) is 38.0 Å². The number of rotatable bonds is 6. The number of hydrogen-bond acceptors (Lipinski definition) is 6. The van der Waals surface area contributed by atoms with E-state index in [1.54, 1.807) is 23.0 Å². The standard InChI is InChI=1S/C24H24ClN7O2/c25-20-8-4-5-9-21(20)27-22(33)16-29-10-12-30(13-11-29)17-32-24(34)23-18(14-26-32)15-31(28-23)19-6-2-1-3-7-19/h1-9,14-15H,10-13,16-17H2,(H,27,33). The summed E-state index contributed by atoms with van der Waals surface area (Å²) >= 11 is 6.11. The molecule has 5 rings (SSSR count). The zero-order chi connectivity index (χ0) is 23.5. The van der Waals surface area contributed by atoms with Gasteiger partial charge in [-0.2, -0.15) is 10.2 Å².